The van der Waals surface area contributed by atoms with Crippen LogP contribution in [0.15, 0.2) is 28.7 Å². The summed E-state index contributed by atoms with van der Waals surface area (Å²) in [6, 6.07) is 8.29. The Morgan fingerprint density at radius 1 is 1.29 bits per heavy atom. The number of carbonyl (C=O) groups is 1. The lowest BCUT2D eigenvalue weighted by molar-refractivity contribution is -0.126. The first-order valence-electron chi connectivity index (χ1n) is 7.46. The van der Waals surface area contributed by atoms with E-state index in [1.807, 2.05) is 19.1 Å². The molecule has 21 heavy (non-hydrogen) atoms. The lowest BCUT2D eigenvalue weighted by Gasteiger charge is -2.25. The first-order chi connectivity index (χ1) is 9.71. The molecule has 1 amide bonds. The molecule has 2 atom stereocenters. The van der Waals surface area contributed by atoms with Crippen LogP contribution in [0.1, 0.15) is 39.7 Å². The standard InChI is InChI=1S/C17H27BrN2O/c1-12(9-13-5-7-15(18)8-6-13)20-16(21)14(11-19)10-17(2,3)4/h5-8,12,14H,9-11,19H2,1-4H3,(H,20,21). The van der Waals surface area contributed by atoms with Gasteiger partial charge in [-0.2, -0.15) is 0 Å². The molecule has 1 rings (SSSR count). The molecule has 0 fully saturated rings. The Labute approximate surface area is 136 Å². The third-order valence-corrected chi connectivity index (χ3v) is 3.89. The van der Waals surface area contributed by atoms with Crippen LogP contribution in [0.25, 0.3) is 0 Å². The van der Waals surface area contributed by atoms with Crippen molar-refractivity contribution in [1.29, 1.82) is 0 Å². The molecule has 0 saturated heterocycles. The van der Waals surface area contributed by atoms with Gasteiger partial charge < -0.3 is 11.1 Å². The molecule has 0 aromatic heterocycles. The third kappa shape index (κ3) is 7.09. The molecule has 0 aliphatic heterocycles. The average molecular weight is 355 g/mol. The second kappa shape index (κ2) is 7.95. The van der Waals surface area contributed by atoms with Crippen molar-refractivity contribution < 1.29 is 4.79 Å². The molecule has 4 heteroatoms. The number of nitrogens with two attached hydrogens (primary N) is 1. The fourth-order valence-electron chi connectivity index (χ4n) is 2.41. The highest BCUT2D eigenvalue weighted by molar-refractivity contribution is 9.10. The van der Waals surface area contributed by atoms with E-state index >= 15 is 0 Å². The van der Waals surface area contributed by atoms with Crippen molar-refractivity contribution in [2.75, 3.05) is 6.54 Å². The minimum absolute atomic E-state index is 0.0667. The maximum Gasteiger partial charge on any atom is 0.224 e. The van der Waals surface area contributed by atoms with Crippen molar-refractivity contribution in [2.24, 2.45) is 17.1 Å². The van der Waals surface area contributed by atoms with Gasteiger partial charge in [-0.05, 0) is 42.9 Å². The molecule has 118 valence electrons. The molecule has 3 nitrogen and oxygen atoms in total. The van der Waals surface area contributed by atoms with Gasteiger partial charge >= 0.3 is 0 Å². The highest BCUT2D eigenvalue weighted by Gasteiger charge is 2.24. The van der Waals surface area contributed by atoms with E-state index in [9.17, 15) is 4.79 Å². The molecule has 0 bridgehead atoms. The monoisotopic (exact) mass is 354 g/mol. The van der Waals surface area contributed by atoms with Crippen molar-refractivity contribution in [2.45, 2.75) is 46.6 Å². The molecule has 0 heterocycles. The smallest absolute Gasteiger partial charge is 0.224 e. The Morgan fingerprint density at radius 2 is 1.86 bits per heavy atom. The van der Waals surface area contributed by atoms with Gasteiger partial charge in [-0.25, -0.2) is 0 Å². The summed E-state index contributed by atoms with van der Waals surface area (Å²) >= 11 is 3.42. The fourth-order valence-corrected chi connectivity index (χ4v) is 2.67. The molecule has 0 saturated carbocycles. The van der Waals surface area contributed by atoms with Gasteiger partial charge in [-0.3, -0.25) is 4.79 Å². The van der Waals surface area contributed by atoms with Gasteiger partial charge in [0.15, 0.2) is 0 Å². The van der Waals surface area contributed by atoms with Crippen LogP contribution in [0.3, 0.4) is 0 Å². The summed E-state index contributed by atoms with van der Waals surface area (Å²) in [5.74, 6) is -0.0468. The first-order valence-corrected chi connectivity index (χ1v) is 8.25. The van der Waals surface area contributed by atoms with Crippen molar-refractivity contribution in [3.63, 3.8) is 0 Å². The number of halogens is 1. The summed E-state index contributed by atoms with van der Waals surface area (Å²) in [7, 11) is 0. The maximum absolute atomic E-state index is 12.3. The van der Waals surface area contributed by atoms with Gasteiger partial charge in [-0.15, -0.1) is 0 Å². The fraction of sp³-hybridized carbons (Fsp3) is 0.588. The van der Waals surface area contributed by atoms with E-state index in [0.717, 1.165) is 17.3 Å². The van der Waals surface area contributed by atoms with Crippen LogP contribution in [-0.4, -0.2) is 18.5 Å². The lowest BCUT2D eigenvalue weighted by atomic mass is 9.84. The van der Waals surface area contributed by atoms with Gasteiger partial charge in [0.2, 0.25) is 5.91 Å². The molecule has 2 unspecified atom stereocenters. The van der Waals surface area contributed by atoms with Gasteiger partial charge in [0.05, 0.1) is 5.92 Å². The molecule has 3 N–H and O–H groups in total. The minimum Gasteiger partial charge on any atom is -0.353 e. The van der Waals surface area contributed by atoms with Crippen molar-refractivity contribution in [1.82, 2.24) is 5.32 Å². The largest absolute Gasteiger partial charge is 0.353 e. The van der Waals surface area contributed by atoms with Crippen LogP contribution in [0, 0.1) is 11.3 Å². The van der Waals surface area contributed by atoms with E-state index in [1.165, 1.54) is 5.56 Å². The zero-order valence-corrected chi connectivity index (χ0v) is 15.0. The van der Waals surface area contributed by atoms with E-state index < -0.39 is 0 Å². The van der Waals surface area contributed by atoms with Gasteiger partial charge in [0, 0.05) is 17.1 Å². The zero-order chi connectivity index (χ0) is 16.0. The lowest BCUT2D eigenvalue weighted by Crippen LogP contribution is -2.42. The number of amides is 1. The van der Waals surface area contributed by atoms with E-state index in [1.54, 1.807) is 0 Å². The van der Waals surface area contributed by atoms with Crippen LogP contribution in [0.4, 0.5) is 0 Å². The SMILES string of the molecule is CC(Cc1ccc(Br)cc1)NC(=O)C(CN)CC(C)(C)C. The quantitative estimate of drug-likeness (QED) is 0.821. The molecule has 0 aliphatic carbocycles. The second-order valence-corrected chi connectivity index (χ2v) is 7.85. The topological polar surface area (TPSA) is 55.1 Å². The minimum atomic E-state index is -0.114. The van der Waals surface area contributed by atoms with Gasteiger partial charge in [0.1, 0.15) is 0 Å². The molecule has 1 aromatic carbocycles. The number of rotatable bonds is 6. The highest BCUT2D eigenvalue weighted by atomic mass is 79.9. The van der Waals surface area contributed by atoms with E-state index in [2.05, 4.69) is 54.2 Å². The first kappa shape index (κ1) is 18.2. The summed E-state index contributed by atoms with van der Waals surface area (Å²) in [4.78, 5) is 12.3. The zero-order valence-electron chi connectivity index (χ0n) is 13.4. The predicted octanol–water partition coefficient (Wildman–Crippen LogP) is 3.51. The Kier molecular flexibility index (Phi) is 6.88. The average Bonchev–Trinajstić information content (AvgIpc) is 2.37. The summed E-state index contributed by atoms with van der Waals surface area (Å²) in [6.07, 6.45) is 1.63. The van der Waals surface area contributed by atoms with Gasteiger partial charge in [0.25, 0.3) is 0 Å². The summed E-state index contributed by atoms with van der Waals surface area (Å²) < 4.78 is 1.07. The molecular weight excluding hydrogens is 328 g/mol. The Hall–Kier alpha value is -0.870. The molecule has 0 radical (unpaired) electrons. The Bertz CT molecular complexity index is 451. The molecule has 0 spiro atoms. The second-order valence-electron chi connectivity index (χ2n) is 6.94. The van der Waals surface area contributed by atoms with E-state index in [-0.39, 0.29) is 23.3 Å². The number of hydrogen-bond donors (Lipinski definition) is 2. The highest BCUT2D eigenvalue weighted by Crippen LogP contribution is 2.24. The normalized spacial score (nSPS) is 14.6. The Morgan fingerprint density at radius 3 is 2.33 bits per heavy atom. The third-order valence-electron chi connectivity index (χ3n) is 3.36. The van der Waals surface area contributed by atoms with E-state index in [0.29, 0.717) is 6.54 Å². The number of carbonyl (C=O) groups excluding carboxylic acids is 1. The van der Waals surface area contributed by atoms with Crippen LogP contribution in [-0.2, 0) is 11.2 Å². The predicted molar refractivity (Wildman–Crippen MR) is 92.1 cm³/mol. The summed E-state index contributed by atoms with van der Waals surface area (Å²) in [5.41, 5.74) is 7.08. The number of benzene rings is 1. The van der Waals surface area contributed by atoms with Crippen LogP contribution in [0.5, 0.6) is 0 Å². The molecule has 0 aliphatic rings. The van der Waals surface area contributed by atoms with Crippen LogP contribution >= 0.6 is 15.9 Å². The molecular formula is C17H27BrN2O. The van der Waals surface area contributed by atoms with Crippen molar-refractivity contribution >= 4 is 21.8 Å². The van der Waals surface area contributed by atoms with E-state index in [4.69, 9.17) is 5.73 Å². The number of nitrogens with one attached hydrogen (secondary N) is 1. The van der Waals surface area contributed by atoms with Crippen molar-refractivity contribution in [3.8, 4) is 0 Å². The number of hydrogen-bond acceptors (Lipinski definition) is 2. The summed E-state index contributed by atoms with van der Waals surface area (Å²) in [5, 5.41) is 3.09. The van der Waals surface area contributed by atoms with Crippen LogP contribution < -0.4 is 11.1 Å². The maximum atomic E-state index is 12.3. The van der Waals surface area contributed by atoms with Crippen LogP contribution in [0.2, 0.25) is 0 Å². The van der Waals surface area contributed by atoms with Gasteiger partial charge in [-0.1, -0.05) is 48.8 Å². The molecule has 1 aromatic rings. The Balaban J connectivity index is 2.54. The van der Waals surface area contributed by atoms with Crippen molar-refractivity contribution in [3.05, 3.63) is 34.3 Å². The summed E-state index contributed by atoms with van der Waals surface area (Å²) in [6.45, 7) is 8.83.